The zero-order valence-corrected chi connectivity index (χ0v) is 10.3. The van der Waals surface area contributed by atoms with Crippen LogP contribution in [0.5, 0.6) is 5.75 Å². The third-order valence-electron chi connectivity index (χ3n) is 2.69. The van der Waals surface area contributed by atoms with Gasteiger partial charge in [-0.05, 0) is 24.6 Å². The van der Waals surface area contributed by atoms with E-state index in [-0.39, 0.29) is 11.4 Å². The Morgan fingerprint density at radius 1 is 1.21 bits per heavy atom. The van der Waals surface area contributed by atoms with Gasteiger partial charge in [0.25, 0.3) is 5.69 Å². The first kappa shape index (κ1) is 12.8. The molecule has 0 fully saturated rings. The number of aliphatic imine (C=N–C) groups is 1. The Kier molecular flexibility index (Phi) is 3.56. The van der Waals surface area contributed by atoms with Gasteiger partial charge < -0.3 is 5.11 Å². The van der Waals surface area contributed by atoms with Crippen LogP contribution < -0.4 is 0 Å². The second kappa shape index (κ2) is 5.30. The molecule has 0 atom stereocenters. The van der Waals surface area contributed by atoms with E-state index in [0.717, 1.165) is 0 Å². The fourth-order valence-electron chi connectivity index (χ4n) is 1.65. The summed E-state index contributed by atoms with van der Waals surface area (Å²) in [6.07, 6.45) is 1.38. The van der Waals surface area contributed by atoms with Crippen LogP contribution >= 0.6 is 0 Å². The highest BCUT2D eigenvalue weighted by Crippen LogP contribution is 2.29. The molecule has 0 bridgehead atoms. The van der Waals surface area contributed by atoms with Gasteiger partial charge in [-0.15, -0.1) is 0 Å². The molecule has 0 amide bonds. The highest BCUT2D eigenvalue weighted by Gasteiger charge is 2.10. The van der Waals surface area contributed by atoms with E-state index in [4.69, 9.17) is 0 Å². The van der Waals surface area contributed by atoms with Crippen molar-refractivity contribution in [2.45, 2.75) is 6.92 Å². The van der Waals surface area contributed by atoms with Crippen LogP contribution in [0.15, 0.2) is 47.5 Å². The van der Waals surface area contributed by atoms with Gasteiger partial charge in [-0.2, -0.15) is 0 Å². The maximum absolute atomic E-state index is 10.8. The van der Waals surface area contributed by atoms with Crippen molar-refractivity contribution >= 4 is 17.6 Å². The molecule has 0 unspecified atom stereocenters. The first-order chi connectivity index (χ1) is 9.09. The van der Waals surface area contributed by atoms with Gasteiger partial charge in [0.2, 0.25) is 0 Å². The number of phenolic OH excluding ortho intramolecular Hbond substituents is 1. The van der Waals surface area contributed by atoms with Crippen LogP contribution in [0.1, 0.15) is 11.1 Å². The van der Waals surface area contributed by atoms with Crippen molar-refractivity contribution in [3.63, 3.8) is 0 Å². The molecule has 0 aliphatic rings. The molecule has 0 aliphatic carbocycles. The molecular weight excluding hydrogens is 244 g/mol. The fraction of sp³-hybridized carbons (Fsp3) is 0.0714. The van der Waals surface area contributed by atoms with Crippen LogP contribution in [0.3, 0.4) is 0 Å². The van der Waals surface area contributed by atoms with Crippen LogP contribution in [0.4, 0.5) is 11.4 Å². The lowest BCUT2D eigenvalue weighted by Gasteiger charge is -2.01. The van der Waals surface area contributed by atoms with Crippen molar-refractivity contribution in [1.29, 1.82) is 0 Å². The smallest absolute Gasteiger partial charge is 0.278 e. The standard InChI is InChI=1S/C14H12N2O3/c1-10-5-4-7-12(14(10)17)15-9-11-6-2-3-8-13(11)16(18)19/h2-9,17H,1H3. The zero-order chi connectivity index (χ0) is 13.8. The number of hydrogen-bond donors (Lipinski definition) is 1. The van der Waals surface area contributed by atoms with Crippen molar-refractivity contribution < 1.29 is 10.0 Å². The Morgan fingerprint density at radius 3 is 2.68 bits per heavy atom. The van der Waals surface area contributed by atoms with Gasteiger partial charge >= 0.3 is 0 Å². The second-order valence-corrected chi connectivity index (χ2v) is 4.02. The number of nitro groups is 1. The average molecular weight is 256 g/mol. The summed E-state index contributed by atoms with van der Waals surface area (Å²) in [4.78, 5) is 14.5. The van der Waals surface area contributed by atoms with Gasteiger partial charge in [0.1, 0.15) is 11.4 Å². The molecule has 96 valence electrons. The van der Waals surface area contributed by atoms with Crippen molar-refractivity contribution in [1.82, 2.24) is 0 Å². The lowest BCUT2D eigenvalue weighted by Crippen LogP contribution is -1.93. The Balaban J connectivity index is 2.38. The average Bonchev–Trinajstić information content (AvgIpc) is 2.40. The van der Waals surface area contributed by atoms with E-state index in [1.165, 1.54) is 12.3 Å². The quantitative estimate of drug-likeness (QED) is 0.519. The molecule has 5 nitrogen and oxygen atoms in total. The van der Waals surface area contributed by atoms with E-state index >= 15 is 0 Å². The summed E-state index contributed by atoms with van der Waals surface area (Å²) in [7, 11) is 0. The molecule has 0 saturated carbocycles. The third-order valence-corrected chi connectivity index (χ3v) is 2.69. The van der Waals surface area contributed by atoms with Crippen molar-refractivity contribution in [3.8, 4) is 5.75 Å². The van der Waals surface area contributed by atoms with Crippen molar-refractivity contribution in [2.75, 3.05) is 0 Å². The molecular formula is C14H12N2O3. The summed E-state index contributed by atoms with van der Waals surface area (Å²) in [5.41, 5.74) is 1.47. The topological polar surface area (TPSA) is 75.7 Å². The molecule has 0 saturated heterocycles. The number of benzene rings is 2. The minimum atomic E-state index is -0.461. The summed E-state index contributed by atoms with van der Waals surface area (Å²) in [6, 6.07) is 11.5. The molecule has 2 aromatic carbocycles. The van der Waals surface area contributed by atoms with Crippen LogP contribution in [-0.2, 0) is 0 Å². The largest absolute Gasteiger partial charge is 0.505 e. The van der Waals surface area contributed by atoms with Crippen LogP contribution in [-0.4, -0.2) is 16.2 Å². The molecule has 2 aromatic rings. The highest BCUT2D eigenvalue weighted by molar-refractivity contribution is 5.87. The van der Waals surface area contributed by atoms with E-state index in [9.17, 15) is 15.2 Å². The number of aryl methyl sites for hydroxylation is 1. The van der Waals surface area contributed by atoms with E-state index in [1.54, 1.807) is 43.3 Å². The third kappa shape index (κ3) is 2.77. The molecule has 5 heteroatoms. The Labute approximate surface area is 110 Å². The van der Waals surface area contributed by atoms with Gasteiger partial charge in [0.05, 0.1) is 10.5 Å². The summed E-state index contributed by atoms with van der Waals surface area (Å²) >= 11 is 0. The summed E-state index contributed by atoms with van der Waals surface area (Å²) in [5.74, 6) is 0.0809. The molecule has 0 aromatic heterocycles. The number of para-hydroxylation sites is 2. The molecule has 2 rings (SSSR count). The van der Waals surface area contributed by atoms with Crippen molar-refractivity contribution in [3.05, 3.63) is 63.7 Å². The van der Waals surface area contributed by atoms with Crippen LogP contribution in [0.25, 0.3) is 0 Å². The highest BCUT2D eigenvalue weighted by atomic mass is 16.6. The molecule has 1 N–H and O–H groups in total. The minimum Gasteiger partial charge on any atom is -0.505 e. The molecule has 0 heterocycles. The van der Waals surface area contributed by atoms with E-state index in [1.807, 2.05) is 0 Å². The van der Waals surface area contributed by atoms with Gasteiger partial charge in [-0.1, -0.05) is 24.3 Å². The number of hydrogen-bond acceptors (Lipinski definition) is 4. The Bertz CT molecular complexity index is 651. The first-order valence-electron chi connectivity index (χ1n) is 5.65. The van der Waals surface area contributed by atoms with Crippen LogP contribution in [0.2, 0.25) is 0 Å². The van der Waals surface area contributed by atoms with Crippen LogP contribution in [0, 0.1) is 17.0 Å². The molecule has 19 heavy (non-hydrogen) atoms. The predicted octanol–water partition coefficient (Wildman–Crippen LogP) is 3.36. The Hall–Kier alpha value is -2.69. The summed E-state index contributed by atoms with van der Waals surface area (Å²) in [6.45, 7) is 1.76. The normalized spacial score (nSPS) is 10.8. The fourth-order valence-corrected chi connectivity index (χ4v) is 1.65. The van der Waals surface area contributed by atoms with E-state index < -0.39 is 4.92 Å². The predicted molar refractivity (Wildman–Crippen MR) is 73.2 cm³/mol. The molecule has 0 radical (unpaired) electrons. The van der Waals surface area contributed by atoms with Gasteiger partial charge in [0.15, 0.2) is 0 Å². The lowest BCUT2D eigenvalue weighted by molar-refractivity contribution is -0.385. The minimum absolute atomic E-state index is 0.0154. The van der Waals surface area contributed by atoms with E-state index in [0.29, 0.717) is 16.8 Å². The molecule has 0 spiro atoms. The van der Waals surface area contributed by atoms with Crippen molar-refractivity contribution in [2.24, 2.45) is 4.99 Å². The number of nitro benzene ring substituents is 1. The number of aromatic hydroxyl groups is 1. The monoisotopic (exact) mass is 256 g/mol. The Morgan fingerprint density at radius 2 is 1.95 bits per heavy atom. The zero-order valence-electron chi connectivity index (χ0n) is 10.3. The van der Waals surface area contributed by atoms with E-state index in [2.05, 4.69) is 4.99 Å². The second-order valence-electron chi connectivity index (χ2n) is 4.02. The van der Waals surface area contributed by atoms with Gasteiger partial charge in [-0.3, -0.25) is 15.1 Å². The maximum Gasteiger partial charge on any atom is 0.278 e. The van der Waals surface area contributed by atoms with Gasteiger partial charge in [-0.25, -0.2) is 0 Å². The van der Waals surface area contributed by atoms with Gasteiger partial charge in [0, 0.05) is 12.3 Å². The first-order valence-corrected chi connectivity index (χ1v) is 5.65. The molecule has 0 aliphatic heterocycles. The SMILES string of the molecule is Cc1cccc(N=Cc2ccccc2[N+](=O)[O-])c1O. The summed E-state index contributed by atoms with van der Waals surface area (Å²) in [5, 5.41) is 20.7. The summed E-state index contributed by atoms with van der Waals surface area (Å²) < 4.78 is 0. The lowest BCUT2D eigenvalue weighted by atomic mass is 10.2. The maximum atomic E-state index is 10.8. The number of rotatable bonds is 3. The number of nitrogens with zero attached hydrogens (tertiary/aromatic N) is 2. The number of phenols is 1.